The van der Waals surface area contributed by atoms with Gasteiger partial charge in [-0.15, -0.1) is 11.8 Å². The van der Waals surface area contributed by atoms with Crippen LogP contribution in [0.4, 0.5) is 5.69 Å². The van der Waals surface area contributed by atoms with E-state index < -0.39 is 10.7 Å². The fourth-order valence-corrected chi connectivity index (χ4v) is 7.34. The van der Waals surface area contributed by atoms with E-state index in [2.05, 4.69) is 35.2 Å². The fourth-order valence-electron chi connectivity index (χ4n) is 5.81. The summed E-state index contributed by atoms with van der Waals surface area (Å²) in [5.74, 6) is 0.608. The lowest BCUT2D eigenvalue weighted by molar-refractivity contribution is -0.125. The second-order valence-corrected chi connectivity index (χ2v) is 10.4. The highest BCUT2D eigenvalue weighted by Crippen LogP contribution is 2.60. The highest BCUT2D eigenvalue weighted by molar-refractivity contribution is 8.02. The summed E-state index contributed by atoms with van der Waals surface area (Å²) in [6, 6.07) is 28.6. The van der Waals surface area contributed by atoms with Gasteiger partial charge in [0.1, 0.15) is 4.75 Å². The molecule has 166 valence electrons. The van der Waals surface area contributed by atoms with Crippen molar-refractivity contribution in [1.82, 2.24) is 4.90 Å². The molecule has 6 rings (SSSR count). The Morgan fingerprint density at radius 3 is 2.27 bits per heavy atom. The van der Waals surface area contributed by atoms with Gasteiger partial charge in [0.25, 0.3) is 0 Å². The maximum atomic E-state index is 14.2. The summed E-state index contributed by atoms with van der Waals surface area (Å²) in [4.78, 5) is 31.6. The van der Waals surface area contributed by atoms with Crippen molar-refractivity contribution in [3.8, 4) is 0 Å². The van der Waals surface area contributed by atoms with Crippen molar-refractivity contribution in [2.24, 2.45) is 0 Å². The lowest BCUT2D eigenvalue weighted by Crippen LogP contribution is -2.45. The van der Waals surface area contributed by atoms with E-state index in [0.29, 0.717) is 18.3 Å². The standard InChI is InChI=1S/C28H26N2O2S/c31-25-18-33-28(26(25)21-11-5-2-6-12-21)23-13-7-8-14-24(23)30(27(28)32)19-29-16-15-22(17-29)20-9-3-1-4-10-20/h1-14,22,26H,15-19H2. The van der Waals surface area contributed by atoms with Gasteiger partial charge in [-0.3, -0.25) is 19.4 Å². The van der Waals surface area contributed by atoms with E-state index in [1.165, 1.54) is 17.3 Å². The normalized spacial score (nSPS) is 27.0. The van der Waals surface area contributed by atoms with Gasteiger partial charge < -0.3 is 0 Å². The van der Waals surface area contributed by atoms with Crippen LogP contribution in [0.15, 0.2) is 84.9 Å². The number of carbonyl (C=O) groups is 2. The maximum absolute atomic E-state index is 14.2. The Kier molecular flexibility index (Phi) is 5.11. The average molecular weight is 455 g/mol. The van der Waals surface area contributed by atoms with Crippen LogP contribution in [0.2, 0.25) is 0 Å². The third-order valence-corrected chi connectivity index (χ3v) is 8.86. The minimum Gasteiger partial charge on any atom is -0.298 e. The monoisotopic (exact) mass is 454 g/mol. The number of hydrogen-bond donors (Lipinski definition) is 0. The molecule has 0 N–H and O–H groups in total. The third kappa shape index (κ3) is 3.25. The Hall–Kier alpha value is -2.89. The van der Waals surface area contributed by atoms with Crippen molar-refractivity contribution >= 4 is 29.1 Å². The molecule has 1 spiro atoms. The van der Waals surface area contributed by atoms with Crippen LogP contribution in [-0.2, 0) is 14.3 Å². The van der Waals surface area contributed by atoms with E-state index in [4.69, 9.17) is 0 Å². The number of thioether (sulfide) groups is 1. The molecule has 3 aliphatic heterocycles. The lowest BCUT2D eigenvalue weighted by atomic mass is 9.79. The molecule has 0 aromatic heterocycles. The minimum absolute atomic E-state index is 0.0524. The van der Waals surface area contributed by atoms with E-state index in [0.717, 1.165) is 36.3 Å². The van der Waals surface area contributed by atoms with E-state index in [1.807, 2.05) is 59.5 Å². The number of fused-ring (bicyclic) bond motifs is 2. The van der Waals surface area contributed by atoms with Crippen molar-refractivity contribution in [2.45, 2.75) is 23.0 Å². The molecule has 33 heavy (non-hydrogen) atoms. The van der Waals surface area contributed by atoms with Gasteiger partial charge in [0.15, 0.2) is 5.78 Å². The van der Waals surface area contributed by atoms with E-state index >= 15 is 0 Å². The molecule has 0 bridgehead atoms. The number of para-hydroxylation sites is 1. The number of amides is 1. The summed E-state index contributed by atoms with van der Waals surface area (Å²) in [6.45, 7) is 2.47. The quantitative estimate of drug-likeness (QED) is 0.569. The minimum atomic E-state index is -0.867. The van der Waals surface area contributed by atoms with E-state index in [1.54, 1.807) is 0 Å². The zero-order valence-corrected chi connectivity index (χ0v) is 19.2. The van der Waals surface area contributed by atoms with Crippen LogP contribution in [0.3, 0.4) is 0 Å². The molecule has 3 aromatic rings. The number of nitrogens with zero attached hydrogens (tertiary/aromatic N) is 2. The average Bonchev–Trinajstić information content (AvgIpc) is 3.53. The SMILES string of the molecule is O=C1CSC2(C(=O)N(CN3CCC(c4ccccc4)C3)c3ccccc32)C1c1ccccc1. The summed E-state index contributed by atoms with van der Waals surface area (Å²) in [7, 11) is 0. The predicted molar refractivity (Wildman–Crippen MR) is 132 cm³/mol. The molecule has 0 aliphatic carbocycles. The molecule has 2 fully saturated rings. The van der Waals surface area contributed by atoms with Crippen molar-refractivity contribution in [2.75, 3.05) is 30.4 Å². The first-order valence-electron chi connectivity index (χ1n) is 11.6. The Bertz CT molecular complexity index is 1200. The number of anilines is 1. The molecule has 3 aromatic carbocycles. The van der Waals surface area contributed by atoms with Gasteiger partial charge in [-0.2, -0.15) is 0 Å². The number of benzene rings is 3. The van der Waals surface area contributed by atoms with Gasteiger partial charge in [0.2, 0.25) is 5.91 Å². The van der Waals surface area contributed by atoms with Gasteiger partial charge >= 0.3 is 0 Å². The highest BCUT2D eigenvalue weighted by Gasteiger charge is 2.62. The largest absolute Gasteiger partial charge is 0.298 e. The summed E-state index contributed by atoms with van der Waals surface area (Å²) in [5.41, 5.74) is 4.24. The molecule has 3 unspecified atom stereocenters. The number of likely N-dealkylation sites (tertiary alicyclic amines) is 1. The Morgan fingerprint density at radius 1 is 0.848 bits per heavy atom. The van der Waals surface area contributed by atoms with Crippen molar-refractivity contribution in [1.29, 1.82) is 0 Å². The van der Waals surface area contributed by atoms with Crippen LogP contribution in [-0.4, -0.2) is 42.1 Å². The molecule has 0 radical (unpaired) electrons. The van der Waals surface area contributed by atoms with Crippen LogP contribution >= 0.6 is 11.8 Å². The van der Waals surface area contributed by atoms with Crippen LogP contribution < -0.4 is 4.90 Å². The molecule has 4 nitrogen and oxygen atoms in total. The number of rotatable bonds is 4. The van der Waals surface area contributed by atoms with Gasteiger partial charge in [0.05, 0.1) is 24.0 Å². The molecular weight excluding hydrogens is 428 g/mol. The highest BCUT2D eigenvalue weighted by atomic mass is 32.2. The summed E-state index contributed by atoms with van der Waals surface area (Å²) >= 11 is 1.51. The molecule has 3 aliphatic rings. The molecule has 3 atom stereocenters. The zero-order chi connectivity index (χ0) is 22.4. The fraction of sp³-hybridized carbons (Fsp3) is 0.286. The van der Waals surface area contributed by atoms with Gasteiger partial charge in [-0.1, -0.05) is 78.9 Å². The topological polar surface area (TPSA) is 40.6 Å². The lowest BCUT2D eigenvalue weighted by Gasteiger charge is -2.30. The maximum Gasteiger partial charge on any atom is 0.250 e. The van der Waals surface area contributed by atoms with Crippen LogP contribution in [0.1, 0.15) is 34.9 Å². The molecule has 0 saturated carbocycles. The Morgan fingerprint density at radius 2 is 1.52 bits per heavy atom. The third-order valence-electron chi connectivity index (χ3n) is 7.35. The first kappa shape index (κ1) is 20.7. The molecule has 3 heterocycles. The van der Waals surface area contributed by atoms with E-state index in [-0.39, 0.29) is 11.7 Å². The molecule has 2 saturated heterocycles. The van der Waals surface area contributed by atoms with Crippen LogP contribution in [0, 0.1) is 0 Å². The first-order valence-corrected chi connectivity index (χ1v) is 12.6. The van der Waals surface area contributed by atoms with Gasteiger partial charge in [-0.05, 0) is 29.5 Å². The molecule has 5 heteroatoms. The summed E-state index contributed by atoms with van der Waals surface area (Å²) in [5, 5.41) is 0. The zero-order valence-electron chi connectivity index (χ0n) is 18.4. The second kappa shape index (κ2) is 8.15. The summed E-state index contributed by atoms with van der Waals surface area (Å²) < 4.78 is -0.867. The van der Waals surface area contributed by atoms with Gasteiger partial charge in [0, 0.05) is 18.7 Å². The number of carbonyl (C=O) groups excluding carboxylic acids is 2. The van der Waals surface area contributed by atoms with Gasteiger partial charge in [-0.25, -0.2) is 0 Å². The van der Waals surface area contributed by atoms with Crippen LogP contribution in [0.5, 0.6) is 0 Å². The number of Topliss-reactive ketones (excluding diaryl/α,β-unsaturated/α-hetero) is 1. The van der Waals surface area contributed by atoms with Crippen molar-refractivity contribution in [3.05, 3.63) is 102 Å². The molecular formula is C28H26N2O2S. The second-order valence-electron chi connectivity index (χ2n) is 9.20. The van der Waals surface area contributed by atoms with Crippen LogP contribution in [0.25, 0.3) is 0 Å². The van der Waals surface area contributed by atoms with Crippen molar-refractivity contribution < 1.29 is 9.59 Å². The first-order chi connectivity index (χ1) is 16.2. The van der Waals surface area contributed by atoms with Crippen molar-refractivity contribution in [3.63, 3.8) is 0 Å². The smallest absolute Gasteiger partial charge is 0.250 e. The Labute approximate surface area is 198 Å². The Balaban J connectivity index is 1.33. The number of hydrogen-bond acceptors (Lipinski definition) is 4. The molecule has 1 amide bonds. The summed E-state index contributed by atoms with van der Waals surface area (Å²) in [6.07, 6.45) is 1.10. The predicted octanol–water partition coefficient (Wildman–Crippen LogP) is 4.78. The van der Waals surface area contributed by atoms with E-state index in [9.17, 15) is 9.59 Å². The number of ketones is 1.